The third kappa shape index (κ3) is 4.56. The average molecular weight is 267 g/mol. The summed E-state index contributed by atoms with van der Waals surface area (Å²) in [7, 11) is 0. The van der Waals surface area contributed by atoms with Crippen molar-refractivity contribution in [2.75, 3.05) is 23.9 Å². The Morgan fingerprint density at radius 1 is 1.44 bits per heavy atom. The average Bonchev–Trinajstić information content (AvgIpc) is 2.39. The predicted octanol–water partition coefficient (Wildman–Crippen LogP) is 2.38. The van der Waals surface area contributed by atoms with Gasteiger partial charge in [0.2, 0.25) is 0 Å². The molecule has 1 aromatic heterocycles. The van der Waals surface area contributed by atoms with Crippen LogP contribution in [0.5, 0.6) is 0 Å². The molecule has 1 rings (SSSR count). The molecule has 0 aliphatic heterocycles. The van der Waals surface area contributed by atoms with Gasteiger partial charge in [0.1, 0.15) is 5.69 Å². The van der Waals surface area contributed by atoms with Gasteiger partial charge in [-0.25, -0.2) is 4.98 Å². The van der Waals surface area contributed by atoms with Crippen LogP contribution in [0.25, 0.3) is 0 Å². The number of anilines is 1. The Labute approximate surface area is 113 Å². The summed E-state index contributed by atoms with van der Waals surface area (Å²) in [6, 6.07) is 3.84. The highest BCUT2D eigenvalue weighted by atomic mass is 32.2. The lowest BCUT2D eigenvalue weighted by molar-refractivity contribution is 0.0935. The summed E-state index contributed by atoms with van der Waals surface area (Å²) in [5.41, 5.74) is 1.40. The third-order valence-corrected chi connectivity index (χ3v) is 3.31. The molecule has 5 heteroatoms. The number of nitrogens with one attached hydrogen (secondary N) is 2. The maximum atomic E-state index is 12.0. The predicted molar refractivity (Wildman–Crippen MR) is 78.3 cm³/mol. The van der Waals surface area contributed by atoms with Crippen molar-refractivity contribution < 1.29 is 4.79 Å². The summed E-state index contributed by atoms with van der Waals surface area (Å²) in [4.78, 5) is 16.1. The molecular formula is C13H21N3OS. The zero-order chi connectivity index (χ0) is 13.4. The topological polar surface area (TPSA) is 54.0 Å². The molecule has 1 aromatic rings. The highest BCUT2D eigenvalue weighted by Crippen LogP contribution is 2.07. The molecule has 0 saturated carbocycles. The van der Waals surface area contributed by atoms with Crippen LogP contribution in [0.2, 0.25) is 0 Å². The van der Waals surface area contributed by atoms with E-state index in [-0.39, 0.29) is 11.9 Å². The molecule has 1 unspecified atom stereocenters. The van der Waals surface area contributed by atoms with Crippen molar-refractivity contribution in [3.8, 4) is 0 Å². The summed E-state index contributed by atoms with van der Waals surface area (Å²) < 4.78 is 0. The van der Waals surface area contributed by atoms with Gasteiger partial charge in [-0.2, -0.15) is 11.8 Å². The zero-order valence-corrected chi connectivity index (χ0v) is 12.0. The quantitative estimate of drug-likeness (QED) is 0.796. The zero-order valence-electron chi connectivity index (χ0n) is 11.2. The normalized spacial score (nSPS) is 11.9. The molecule has 1 heterocycles. The van der Waals surface area contributed by atoms with Gasteiger partial charge in [-0.1, -0.05) is 6.92 Å². The van der Waals surface area contributed by atoms with Gasteiger partial charge in [0.05, 0.1) is 11.9 Å². The Morgan fingerprint density at radius 3 is 2.72 bits per heavy atom. The molecule has 4 nitrogen and oxygen atoms in total. The molecule has 0 aliphatic carbocycles. The third-order valence-electron chi connectivity index (χ3n) is 2.57. The van der Waals surface area contributed by atoms with Crippen molar-refractivity contribution in [1.82, 2.24) is 10.3 Å². The SMILES string of the molecule is CCNc1ccc(C(=O)NC(CC)CSC)nc1. The first kappa shape index (κ1) is 14.8. The van der Waals surface area contributed by atoms with Crippen LogP contribution in [0.4, 0.5) is 5.69 Å². The molecule has 0 bridgehead atoms. The van der Waals surface area contributed by atoms with Crippen LogP contribution in [0.3, 0.4) is 0 Å². The molecule has 0 fully saturated rings. The number of aromatic nitrogens is 1. The van der Waals surface area contributed by atoms with Crippen LogP contribution >= 0.6 is 11.8 Å². The summed E-state index contributed by atoms with van der Waals surface area (Å²) >= 11 is 1.74. The van der Waals surface area contributed by atoms with Crippen molar-refractivity contribution >= 4 is 23.4 Å². The lowest BCUT2D eigenvalue weighted by atomic mass is 10.2. The maximum Gasteiger partial charge on any atom is 0.270 e. The van der Waals surface area contributed by atoms with Crippen molar-refractivity contribution in [2.45, 2.75) is 26.3 Å². The molecule has 0 saturated heterocycles. The Hall–Kier alpha value is -1.23. The Balaban J connectivity index is 2.60. The number of pyridine rings is 1. The van der Waals surface area contributed by atoms with E-state index in [1.807, 2.05) is 19.2 Å². The Kier molecular flexibility index (Phi) is 6.57. The molecule has 0 radical (unpaired) electrons. The largest absolute Gasteiger partial charge is 0.384 e. The van der Waals surface area contributed by atoms with Gasteiger partial charge in [0.25, 0.3) is 5.91 Å². The van der Waals surface area contributed by atoms with E-state index in [0.717, 1.165) is 24.4 Å². The molecule has 100 valence electrons. The molecule has 1 atom stereocenters. The van der Waals surface area contributed by atoms with Gasteiger partial charge in [0, 0.05) is 18.3 Å². The summed E-state index contributed by atoms with van der Waals surface area (Å²) in [5, 5.41) is 6.14. The van der Waals surface area contributed by atoms with Crippen molar-refractivity contribution in [1.29, 1.82) is 0 Å². The van der Waals surface area contributed by atoms with Crippen LogP contribution in [0.1, 0.15) is 30.8 Å². The van der Waals surface area contributed by atoms with E-state index in [9.17, 15) is 4.79 Å². The molecule has 0 spiro atoms. The van der Waals surface area contributed by atoms with Crippen molar-refractivity contribution in [3.63, 3.8) is 0 Å². The number of rotatable bonds is 7. The van der Waals surface area contributed by atoms with E-state index in [4.69, 9.17) is 0 Å². The monoisotopic (exact) mass is 267 g/mol. The van der Waals surface area contributed by atoms with Crippen LogP contribution in [-0.4, -0.2) is 35.5 Å². The second kappa shape index (κ2) is 7.97. The fraction of sp³-hybridized carbons (Fsp3) is 0.538. The lowest BCUT2D eigenvalue weighted by Crippen LogP contribution is -2.36. The Morgan fingerprint density at radius 2 is 2.22 bits per heavy atom. The molecular weight excluding hydrogens is 246 g/mol. The van der Waals surface area contributed by atoms with Crippen LogP contribution in [-0.2, 0) is 0 Å². The minimum Gasteiger partial charge on any atom is -0.384 e. The number of nitrogens with zero attached hydrogens (tertiary/aromatic N) is 1. The van der Waals surface area contributed by atoms with E-state index in [1.54, 1.807) is 24.0 Å². The highest BCUT2D eigenvalue weighted by molar-refractivity contribution is 7.98. The number of amides is 1. The molecule has 1 amide bonds. The van der Waals surface area contributed by atoms with Crippen molar-refractivity contribution in [2.24, 2.45) is 0 Å². The van der Waals surface area contributed by atoms with Gasteiger partial charge in [-0.3, -0.25) is 4.79 Å². The minimum absolute atomic E-state index is 0.0982. The van der Waals surface area contributed by atoms with E-state index in [1.165, 1.54) is 0 Å². The van der Waals surface area contributed by atoms with E-state index in [0.29, 0.717) is 5.69 Å². The first-order valence-electron chi connectivity index (χ1n) is 6.21. The van der Waals surface area contributed by atoms with E-state index >= 15 is 0 Å². The smallest absolute Gasteiger partial charge is 0.270 e. The summed E-state index contributed by atoms with van der Waals surface area (Å²) in [6.45, 7) is 4.94. The van der Waals surface area contributed by atoms with Crippen molar-refractivity contribution in [3.05, 3.63) is 24.0 Å². The molecule has 2 N–H and O–H groups in total. The van der Waals surface area contributed by atoms with Crippen LogP contribution in [0.15, 0.2) is 18.3 Å². The summed E-state index contributed by atoms with van der Waals surface area (Å²) in [5.74, 6) is 0.830. The number of hydrogen-bond donors (Lipinski definition) is 2. The number of carbonyl (C=O) groups is 1. The molecule has 18 heavy (non-hydrogen) atoms. The fourth-order valence-electron chi connectivity index (χ4n) is 1.56. The lowest BCUT2D eigenvalue weighted by Gasteiger charge is -2.15. The fourth-order valence-corrected chi connectivity index (χ4v) is 2.28. The number of hydrogen-bond acceptors (Lipinski definition) is 4. The maximum absolute atomic E-state index is 12.0. The minimum atomic E-state index is -0.0982. The number of thioether (sulfide) groups is 1. The first-order chi connectivity index (χ1) is 8.71. The number of carbonyl (C=O) groups excluding carboxylic acids is 1. The van der Waals surface area contributed by atoms with E-state index in [2.05, 4.69) is 22.5 Å². The van der Waals surface area contributed by atoms with Gasteiger partial charge >= 0.3 is 0 Å². The van der Waals surface area contributed by atoms with Gasteiger partial charge < -0.3 is 10.6 Å². The Bertz CT molecular complexity index is 367. The second-order valence-corrected chi connectivity index (χ2v) is 4.91. The highest BCUT2D eigenvalue weighted by Gasteiger charge is 2.12. The summed E-state index contributed by atoms with van der Waals surface area (Å²) in [6.07, 6.45) is 4.66. The standard InChI is InChI=1S/C13H21N3OS/c1-4-10(9-18-3)16-13(17)12-7-6-11(8-15-12)14-5-2/h6-8,10,14H,4-5,9H2,1-3H3,(H,16,17). The van der Waals surface area contributed by atoms with Crippen LogP contribution in [0, 0.1) is 0 Å². The van der Waals surface area contributed by atoms with Gasteiger partial charge in [-0.05, 0) is 31.7 Å². The molecule has 0 aromatic carbocycles. The first-order valence-corrected chi connectivity index (χ1v) is 7.60. The van der Waals surface area contributed by atoms with Gasteiger partial charge in [-0.15, -0.1) is 0 Å². The second-order valence-electron chi connectivity index (χ2n) is 4.00. The van der Waals surface area contributed by atoms with E-state index < -0.39 is 0 Å². The van der Waals surface area contributed by atoms with Gasteiger partial charge in [0.15, 0.2) is 0 Å². The van der Waals surface area contributed by atoms with Crippen LogP contribution < -0.4 is 10.6 Å². The molecule has 0 aliphatic rings.